The Hall–Kier alpha value is -0.320. The summed E-state index contributed by atoms with van der Waals surface area (Å²) in [5.74, 6) is 2.13. The number of fused-ring (bicyclic) bond motifs is 1. The van der Waals surface area contributed by atoms with Crippen molar-refractivity contribution in [3.8, 4) is 0 Å². The number of nitrogens with two attached hydrogens (primary N) is 1. The van der Waals surface area contributed by atoms with Crippen LogP contribution in [0.25, 0.3) is 0 Å². The number of ether oxygens (including phenoxy) is 1. The summed E-state index contributed by atoms with van der Waals surface area (Å²) in [5.41, 5.74) is 5.61. The molecular formula is C13H23ClN2O2. The summed E-state index contributed by atoms with van der Waals surface area (Å²) in [4.78, 5) is 14.4. The predicted octanol–water partition coefficient (Wildman–Crippen LogP) is 1.03. The van der Waals surface area contributed by atoms with Crippen molar-refractivity contribution in [1.82, 2.24) is 4.90 Å². The number of nitrogens with zero attached hydrogens (tertiary/aromatic N) is 1. The molecule has 2 saturated carbocycles. The molecule has 2 N–H and O–H groups in total. The van der Waals surface area contributed by atoms with Crippen LogP contribution >= 0.6 is 12.4 Å². The average Bonchev–Trinajstić information content (AvgIpc) is 3.12. The zero-order chi connectivity index (χ0) is 11.8. The van der Waals surface area contributed by atoms with Gasteiger partial charge in [0.15, 0.2) is 0 Å². The number of carbonyl (C=O) groups is 1. The molecule has 0 aromatic rings. The summed E-state index contributed by atoms with van der Waals surface area (Å²) in [6, 6.07) is 0. The summed E-state index contributed by atoms with van der Waals surface area (Å²) < 4.78 is 5.51. The molecule has 3 atom stereocenters. The molecule has 1 aliphatic heterocycles. The van der Waals surface area contributed by atoms with Crippen LogP contribution in [-0.2, 0) is 9.53 Å². The normalized spacial score (nSPS) is 38.6. The van der Waals surface area contributed by atoms with Gasteiger partial charge in [0.2, 0.25) is 5.91 Å². The third-order valence-electron chi connectivity index (χ3n) is 4.66. The lowest BCUT2D eigenvalue weighted by Gasteiger charge is -2.32. The number of morpholine rings is 1. The van der Waals surface area contributed by atoms with Crippen LogP contribution < -0.4 is 5.73 Å². The molecule has 1 amide bonds. The van der Waals surface area contributed by atoms with Crippen LogP contribution in [0, 0.1) is 17.8 Å². The molecule has 104 valence electrons. The lowest BCUT2D eigenvalue weighted by atomic mass is 10.0. The van der Waals surface area contributed by atoms with Crippen molar-refractivity contribution in [2.75, 3.05) is 26.2 Å². The minimum absolute atomic E-state index is 0. The van der Waals surface area contributed by atoms with E-state index >= 15 is 0 Å². The van der Waals surface area contributed by atoms with Gasteiger partial charge in [-0.05, 0) is 24.7 Å². The number of hydrogen-bond donors (Lipinski definition) is 1. The van der Waals surface area contributed by atoms with Gasteiger partial charge in [0, 0.05) is 25.6 Å². The molecule has 3 fully saturated rings. The summed E-state index contributed by atoms with van der Waals surface area (Å²) in [6.07, 6.45) is 5.23. The fraction of sp³-hybridized carbons (Fsp3) is 0.923. The molecule has 3 aliphatic rings. The van der Waals surface area contributed by atoms with Crippen LogP contribution in [0.4, 0.5) is 0 Å². The van der Waals surface area contributed by atoms with Gasteiger partial charge in [0.25, 0.3) is 0 Å². The highest BCUT2D eigenvalue weighted by Gasteiger charge is 2.55. The highest BCUT2D eigenvalue weighted by Crippen LogP contribution is 2.56. The third-order valence-corrected chi connectivity index (χ3v) is 4.66. The van der Waals surface area contributed by atoms with Crippen molar-refractivity contribution in [3.05, 3.63) is 0 Å². The summed E-state index contributed by atoms with van der Waals surface area (Å²) in [6.45, 7) is 2.62. The second-order valence-corrected chi connectivity index (χ2v) is 5.65. The number of hydrogen-bond acceptors (Lipinski definition) is 3. The molecule has 0 aromatic carbocycles. The van der Waals surface area contributed by atoms with Gasteiger partial charge in [-0.25, -0.2) is 0 Å². The Balaban J connectivity index is 0.00000120. The topological polar surface area (TPSA) is 55.6 Å². The minimum atomic E-state index is 0. The molecule has 0 radical (unpaired) electrons. The van der Waals surface area contributed by atoms with Crippen molar-refractivity contribution in [1.29, 1.82) is 0 Å². The van der Waals surface area contributed by atoms with E-state index in [0.29, 0.717) is 43.4 Å². The SMILES string of the molecule is Cl.NCC1CN(C(=O)C2C3CCCCC32)CCO1. The molecule has 18 heavy (non-hydrogen) atoms. The highest BCUT2D eigenvalue weighted by molar-refractivity contribution is 5.85. The van der Waals surface area contributed by atoms with Gasteiger partial charge in [0.1, 0.15) is 0 Å². The molecule has 3 unspecified atom stereocenters. The second kappa shape index (κ2) is 5.76. The van der Waals surface area contributed by atoms with Crippen LogP contribution in [0.3, 0.4) is 0 Å². The molecule has 3 rings (SSSR count). The van der Waals surface area contributed by atoms with Crippen molar-refractivity contribution in [2.45, 2.75) is 31.8 Å². The highest BCUT2D eigenvalue weighted by atomic mass is 35.5. The van der Waals surface area contributed by atoms with Crippen molar-refractivity contribution < 1.29 is 9.53 Å². The molecule has 1 heterocycles. The molecule has 2 aliphatic carbocycles. The zero-order valence-electron chi connectivity index (χ0n) is 10.7. The molecular weight excluding hydrogens is 252 g/mol. The van der Waals surface area contributed by atoms with Crippen molar-refractivity contribution >= 4 is 18.3 Å². The van der Waals surface area contributed by atoms with E-state index in [1.54, 1.807) is 0 Å². The Morgan fingerprint density at radius 3 is 2.56 bits per heavy atom. The lowest BCUT2D eigenvalue weighted by molar-refractivity contribution is -0.140. The standard InChI is InChI=1S/C13H22N2O2.ClH/c14-7-9-8-15(5-6-17-9)13(16)12-10-3-1-2-4-11(10)12;/h9-12H,1-8,14H2;1H. The van der Waals surface area contributed by atoms with E-state index in [0.717, 1.165) is 6.54 Å². The van der Waals surface area contributed by atoms with Gasteiger partial charge in [-0.1, -0.05) is 12.8 Å². The van der Waals surface area contributed by atoms with Crippen molar-refractivity contribution in [2.24, 2.45) is 23.5 Å². The average molecular weight is 275 g/mol. The predicted molar refractivity (Wildman–Crippen MR) is 71.6 cm³/mol. The maximum absolute atomic E-state index is 12.4. The minimum Gasteiger partial charge on any atom is -0.373 e. The fourth-order valence-electron chi connectivity index (χ4n) is 3.63. The van der Waals surface area contributed by atoms with Gasteiger partial charge in [-0.3, -0.25) is 4.79 Å². The van der Waals surface area contributed by atoms with Gasteiger partial charge in [-0.15, -0.1) is 12.4 Å². The largest absolute Gasteiger partial charge is 0.373 e. The van der Waals surface area contributed by atoms with Gasteiger partial charge in [-0.2, -0.15) is 0 Å². The first-order valence-electron chi connectivity index (χ1n) is 6.91. The monoisotopic (exact) mass is 274 g/mol. The van der Waals surface area contributed by atoms with Gasteiger partial charge < -0.3 is 15.4 Å². The van der Waals surface area contributed by atoms with E-state index in [1.807, 2.05) is 4.90 Å². The van der Waals surface area contributed by atoms with E-state index in [-0.39, 0.29) is 18.5 Å². The number of carbonyl (C=O) groups excluding carboxylic acids is 1. The summed E-state index contributed by atoms with van der Waals surface area (Å²) in [5, 5.41) is 0. The molecule has 1 saturated heterocycles. The Morgan fingerprint density at radius 2 is 1.94 bits per heavy atom. The quantitative estimate of drug-likeness (QED) is 0.818. The Bertz CT molecular complexity index is 301. The number of amides is 1. The maximum Gasteiger partial charge on any atom is 0.226 e. The van der Waals surface area contributed by atoms with Crippen LogP contribution in [0.15, 0.2) is 0 Å². The first-order valence-corrected chi connectivity index (χ1v) is 6.91. The molecule has 0 aromatic heterocycles. The van der Waals surface area contributed by atoms with Gasteiger partial charge >= 0.3 is 0 Å². The van der Waals surface area contributed by atoms with Crippen LogP contribution in [0.2, 0.25) is 0 Å². The number of halogens is 1. The van der Waals surface area contributed by atoms with Crippen LogP contribution in [-0.4, -0.2) is 43.2 Å². The van der Waals surface area contributed by atoms with Crippen LogP contribution in [0.1, 0.15) is 25.7 Å². The lowest BCUT2D eigenvalue weighted by Crippen LogP contribution is -2.48. The molecule has 5 heteroatoms. The van der Waals surface area contributed by atoms with Gasteiger partial charge in [0.05, 0.1) is 12.7 Å². The first kappa shape index (κ1) is 14.1. The molecule has 0 bridgehead atoms. The smallest absolute Gasteiger partial charge is 0.226 e. The summed E-state index contributed by atoms with van der Waals surface area (Å²) >= 11 is 0. The Kier molecular flexibility index (Phi) is 4.51. The summed E-state index contributed by atoms with van der Waals surface area (Å²) in [7, 11) is 0. The van der Waals surface area contributed by atoms with Crippen molar-refractivity contribution in [3.63, 3.8) is 0 Å². The second-order valence-electron chi connectivity index (χ2n) is 5.65. The van der Waals surface area contributed by atoms with E-state index < -0.39 is 0 Å². The molecule has 0 spiro atoms. The zero-order valence-corrected chi connectivity index (χ0v) is 11.5. The van der Waals surface area contributed by atoms with Crippen LogP contribution in [0.5, 0.6) is 0 Å². The molecule has 4 nitrogen and oxygen atoms in total. The Morgan fingerprint density at radius 1 is 1.28 bits per heavy atom. The fourth-order valence-corrected chi connectivity index (χ4v) is 3.63. The third kappa shape index (κ3) is 2.51. The van der Waals surface area contributed by atoms with E-state index in [1.165, 1.54) is 25.7 Å². The van der Waals surface area contributed by atoms with E-state index in [4.69, 9.17) is 10.5 Å². The maximum atomic E-state index is 12.4. The Labute approximate surface area is 115 Å². The van der Waals surface area contributed by atoms with E-state index in [2.05, 4.69) is 0 Å². The number of rotatable bonds is 2. The first-order chi connectivity index (χ1) is 8.31. The van der Waals surface area contributed by atoms with E-state index in [9.17, 15) is 4.79 Å².